The zero-order valence-corrected chi connectivity index (χ0v) is 14.2. The molecule has 0 bridgehead atoms. The number of halogens is 1. The molecule has 0 aliphatic heterocycles. The van der Waals surface area contributed by atoms with Gasteiger partial charge in [-0.2, -0.15) is 0 Å². The highest BCUT2D eigenvalue weighted by molar-refractivity contribution is 7.09. The third-order valence-corrected chi connectivity index (χ3v) is 5.34. The maximum Gasteiger partial charge on any atom is 0.270 e. The molecule has 1 heterocycles. The molecule has 2 aromatic rings. The molecule has 0 spiro atoms. The third-order valence-electron chi connectivity index (χ3n) is 4.49. The van der Waals surface area contributed by atoms with Crippen LogP contribution >= 0.6 is 11.3 Å². The second-order valence-electron chi connectivity index (χ2n) is 6.30. The fourth-order valence-corrected chi connectivity index (χ4v) is 3.83. The van der Waals surface area contributed by atoms with Crippen LogP contribution in [-0.4, -0.2) is 28.6 Å². The van der Waals surface area contributed by atoms with E-state index >= 15 is 0 Å². The van der Waals surface area contributed by atoms with Crippen molar-refractivity contribution in [1.29, 1.82) is 0 Å². The lowest BCUT2D eigenvalue weighted by molar-refractivity contribution is 0.0909. The Morgan fingerprint density at radius 2 is 1.96 bits per heavy atom. The monoisotopic (exact) mass is 348 g/mol. The summed E-state index contributed by atoms with van der Waals surface area (Å²) in [5.41, 5.74) is 1.42. The fourth-order valence-electron chi connectivity index (χ4n) is 3.02. The highest BCUT2D eigenvalue weighted by Crippen LogP contribution is 2.24. The van der Waals surface area contributed by atoms with E-state index in [4.69, 9.17) is 5.11 Å². The lowest BCUT2D eigenvalue weighted by Gasteiger charge is -2.27. The van der Waals surface area contributed by atoms with Crippen LogP contribution in [-0.2, 0) is 6.42 Å². The van der Waals surface area contributed by atoms with Gasteiger partial charge in [0.05, 0.1) is 5.01 Å². The van der Waals surface area contributed by atoms with Crippen molar-refractivity contribution in [2.75, 3.05) is 6.61 Å². The van der Waals surface area contributed by atoms with Crippen molar-refractivity contribution in [3.8, 4) is 0 Å². The molecule has 128 valence electrons. The Hall–Kier alpha value is -1.79. The van der Waals surface area contributed by atoms with Crippen molar-refractivity contribution < 1.29 is 14.3 Å². The molecule has 24 heavy (non-hydrogen) atoms. The van der Waals surface area contributed by atoms with Crippen LogP contribution < -0.4 is 5.32 Å². The number of rotatable bonds is 5. The molecule has 1 aromatic heterocycles. The van der Waals surface area contributed by atoms with Gasteiger partial charge in [0.15, 0.2) is 0 Å². The molecule has 6 heteroatoms. The molecule has 0 unspecified atom stereocenters. The Kier molecular flexibility index (Phi) is 5.58. The molecule has 3 rings (SSSR count). The van der Waals surface area contributed by atoms with Crippen molar-refractivity contribution in [1.82, 2.24) is 10.3 Å². The molecule has 1 aromatic carbocycles. The molecule has 1 amide bonds. The number of aromatic nitrogens is 1. The topological polar surface area (TPSA) is 62.2 Å². The van der Waals surface area contributed by atoms with E-state index in [0.29, 0.717) is 18.0 Å². The normalized spacial score (nSPS) is 20.8. The largest absolute Gasteiger partial charge is 0.396 e. The van der Waals surface area contributed by atoms with Crippen molar-refractivity contribution in [3.05, 3.63) is 51.7 Å². The quantitative estimate of drug-likeness (QED) is 0.872. The number of aliphatic hydroxyl groups is 1. The smallest absolute Gasteiger partial charge is 0.270 e. The lowest BCUT2D eigenvalue weighted by atomic mass is 9.86. The van der Waals surface area contributed by atoms with Gasteiger partial charge < -0.3 is 10.4 Å². The molecule has 0 atom stereocenters. The van der Waals surface area contributed by atoms with Crippen molar-refractivity contribution in [2.24, 2.45) is 5.92 Å². The summed E-state index contributed by atoms with van der Waals surface area (Å²) in [6.07, 6.45) is 4.32. The summed E-state index contributed by atoms with van der Waals surface area (Å²) >= 11 is 1.44. The van der Waals surface area contributed by atoms with E-state index in [-0.39, 0.29) is 24.4 Å². The summed E-state index contributed by atoms with van der Waals surface area (Å²) in [5, 5.41) is 14.8. The van der Waals surface area contributed by atoms with E-state index in [1.54, 1.807) is 17.5 Å². The number of hydrogen-bond donors (Lipinski definition) is 2. The second kappa shape index (κ2) is 7.85. The van der Waals surface area contributed by atoms with E-state index < -0.39 is 0 Å². The Balaban J connectivity index is 1.55. The molecular weight excluding hydrogens is 327 g/mol. The molecule has 0 radical (unpaired) electrons. The number of carbonyl (C=O) groups is 1. The summed E-state index contributed by atoms with van der Waals surface area (Å²) < 4.78 is 12.9. The van der Waals surface area contributed by atoms with E-state index in [0.717, 1.165) is 36.3 Å². The van der Waals surface area contributed by atoms with Gasteiger partial charge in [0, 0.05) is 24.4 Å². The van der Waals surface area contributed by atoms with Crippen LogP contribution in [0.2, 0.25) is 0 Å². The van der Waals surface area contributed by atoms with Crippen LogP contribution in [0.25, 0.3) is 0 Å². The Labute approximate surface area is 144 Å². The minimum Gasteiger partial charge on any atom is -0.396 e. The highest BCUT2D eigenvalue weighted by Gasteiger charge is 2.23. The number of benzene rings is 1. The molecule has 4 nitrogen and oxygen atoms in total. The molecule has 1 fully saturated rings. The first-order valence-electron chi connectivity index (χ1n) is 8.24. The van der Waals surface area contributed by atoms with Gasteiger partial charge in [0.2, 0.25) is 0 Å². The van der Waals surface area contributed by atoms with Crippen LogP contribution in [0.1, 0.15) is 46.7 Å². The number of hydrogen-bond acceptors (Lipinski definition) is 4. The SMILES string of the molecule is O=C(NC1CCC(CO)CC1)c1csc(Cc2ccc(F)cc2)n1. The summed E-state index contributed by atoms with van der Waals surface area (Å²) in [6, 6.07) is 6.49. The molecule has 1 aliphatic rings. The van der Waals surface area contributed by atoms with Gasteiger partial charge in [-0.15, -0.1) is 11.3 Å². The van der Waals surface area contributed by atoms with Gasteiger partial charge >= 0.3 is 0 Å². The molecule has 0 saturated heterocycles. The predicted molar refractivity (Wildman–Crippen MR) is 91.6 cm³/mol. The first-order valence-corrected chi connectivity index (χ1v) is 9.12. The maximum absolute atomic E-state index is 12.9. The van der Waals surface area contributed by atoms with Crippen molar-refractivity contribution >= 4 is 17.2 Å². The summed E-state index contributed by atoms with van der Waals surface area (Å²) in [7, 11) is 0. The van der Waals surface area contributed by atoms with Crippen molar-refractivity contribution in [3.63, 3.8) is 0 Å². The van der Waals surface area contributed by atoms with Gasteiger partial charge in [-0.1, -0.05) is 12.1 Å². The van der Waals surface area contributed by atoms with Crippen LogP contribution in [0.4, 0.5) is 4.39 Å². The standard InChI is InChI=1S/C18H21FN2O2S/c19-14-5-1-12(2-6-14)9-17-21-16(11-24-17)18(23)20-15-7-3-13(10-22)4-8-15/h1-2,5-6,11,13,15,22H,3-4,7-10H2,(H,20,23). The molecule has 2 N–H and O–H groups in total. The van der Waals surface area contributed by atoms with Gasteiger partial charge in [0.1, 0.15) is 11.5 Å². The number of nitrogens with zero attached hydrogens (tertiary/aromatic N) is 1. The van der Waals surface area contributed by atoms with E-state index in [9.17, 15) is 9.18 Å². The minimum absolute atomic E-state index is 0.135. The predicted octanol–water partition coefficient (Wildman–Crippen LogP) is 3.15. The number of amides is 1. The van der Waals surface area contributed by atoms with Crippen LogP contribution in [0, 0.1) is 11.7 Å². The van der Waals surface area contributed by atoms with Gasteiger partial charge in [-0.25, -0.2) is 9.37 Å². The first kappa shape index (κ1) is 17.0. The zero-order valence-electron chi connectivity index (χ0n) is 13.4. The van der Waals surface area contributed by atoms with E-state index in [2.05, 4.69) is 10.3 Å². The fraction of sp³-hybridized carbons (Fsp3) is 0.444. The third kappa shape index (κ3) is 4.39. The Morgan fingerprint density at radius 1 is 1.25 bits per heavy atom. The summed E-state index contributed by atoms with van der Waals surface area (Å²) in [4.78, 5) is 16.7. The molecule has 1 aliphatic carbocycles. The summed E-state index contributed by atoms with van der Waals surface area (Å²) in [6.45, 7) is 0.236. The highest BCUT2D eigenvalue weighted by atomic mass is 32.1. The lowest BCUT2D eigenvalue weighted by Crippen LogP contribution is -2.38. The molecular formula is C18H21FN2O2S. The number of aliphatic hydroxyl groups excluding tert-OH is 1. The average molecular weight is 348 g/mol. The van der Waals surface area contributed by atoms with Gasteiger partial charge in [-0.05, 0) is 49.3 Å². The Bertz CT molecular complexity index is 679. The van der Waals surface area contributed by atoms with Crippen LogP contribution in [0.15, 0.2) is 29.6 Å². The van der Waals surface area contributed by atoms with Gasteiger partial charge in [-0.3, -0.25) is 4.79 Å². The van der Waals surface area contributed by atoms with Gasteiger partial charge in [0.25, 0.3) is 5.91 Å². The zero-order chi connectivity index (χ0) is 16.9. The average Bonchev–Trinajstić information content (AvgIpc) is 3.06. The van der Waals surface area contributed by atoms with Crippen molar-refractivity contribution in [2.45, 2.75) is 38.1 Å². The van der Waals surface area contributed by atoms with E-state index in [1.165, 1.54) is 23.5 Å². The molecule has 1 saturated carbocycles. The first-order chi connectivity index (χ1) is 11.6. The number of thiazole rings is 1. The minimum atomic E-state index is -0.256. The number of carbonyl (C=O) groups excluding carboxylic acids is 1. The van der Waals surface area contributed by atoms with Crippen LogP contribution in [0.5, 0.6) is 0 Å². The Morgan fingerprint density at radius 3 is 2.62 bits per heavy atom. The summed E-state index contributed by atoms with van der Waals surface area (Å²) in [5.74, 6) is -0.0161. The van der Waals surface area contributed by atoms with E-state index in [1.807, 2.05) is 0 Å². The van der Waals surface area contributed by atoms with Crippen LogP contribution in [0.3, 0.4) is 0 Å². The maximum atomic E-state index is 12.9. The number of nitrogens with one attached hydrogen (secondary N) is 1. The second-order valence-corrected chi connectivity index (χ2v) is 7.25.